The molecule has 0 atom stereocenters. The number of hydrogen-bond acceptors (Lipinski definition) is 1. The lowest BCUT2D eigenvalue weighted by molar-refractivity contribution is 0.404. The van der Waals surface area contributed by atoms with Crippen LogP contribution in [0.25, 0.3) is 0 Å². The summed E-state index contributed by atoms with van der Waals surface area (Å²) < 4.78 is 0. The standard InChI is InChI=1S/C19H32O/c1-5-6-7-8-9-10-11-14-19(3,4)17-15-16(2)12-13-18(17)20/h12-13,15,20H,5-11,14H2,1-4H3. The van der Waals surface area contributed by atoms with Crippen LogP contribution in [0.2, 0.25) is 0 Å². The van der Waals surface area contributed by atoms with Gasteiger partial charge in [0.05, 0.1) is 0 Å². The molecule has 1 rings (SSSR count). The van der Waals surface area contributed by atoms with Gasteiger partial charge in [-0.15, -0.1) is 0 Å². The van der Waals surface area contributed by atoms with Crippen LogP contribution in [-0.2, 0) is 5.41 Å². The Labute approximate surface area is 125 Å². The maximum Gasteiger partial charge on any atom is 0.119 e. The molecule has 0 bridgehead atoms. The zero-order chi connectivity index (χ0) is 15.0. The first-order chi connectivity index (χ1) is 9.47. The van der Waals surface area contributed by atoms with E-state index in [9.17, 15) is 5.11 Å². The van der Waals surface area contributed by atoms with Crippen LogP contribution in [-0.4, -0.2) is 5.11 Å². The molecule has 0 aromatic heterocycles. The molecule has 0 aliphatic carbocycles. The summed E-state index contributed by atoms with van der Waals surface area (Å²) in [6, 6.07) is 5.94. The van der Waals surface area contributed by atoms with E-state index >= 15 is 0 Å². The molecular formula is C19H32O. The van der Waals surface area contributed by atoms with Crippen LogP contribution in [0.15, 0.2) is 18.2 Å². The molecule has 0 aliphatic heterocycles. The fourth-order valence-electron chi connectivity index (χ4n) is 2.85. The summed E-state index contributed by atoms with van der Waals surface area (Å²) in [6.07, 6.45) is 10.5. The molecule has 0 aliphatic rings. The van der Waals surface area contributed by atoms with Gasteiger partial charge >= 0.3 is 0 Å². The average molecular weight is 276 g/mol. The van der Waals surface area contributed by atoms with E-state index in [2.05, 4.69) is 33.8 Å². The van der Waals surface area contributed by atoms with E-state index in [1.54, 1.807) is 0 Å². The van der Waals surface area contributed by atoms with Gasteiger partial charge in [-0.2, -0.15) is 0 Å². The SMILES string of the molecule is CCCCCCCCCC(C)(C)c1cc(C)ccc1O. The van der Waals surface area contributed by atoms with Crippen LogP contribution >= 0.6 is 0 Å². The Kier molecular flexibility index (Phi) is 7.12. The van der Waals surface area contributed by atoms with Gasteiger partial charge in [-0.25, -0.2) is 0 Å². The number of unbranched alkanes of at least 4 members (excludes halogenated alkanes) is 6. The highest BCUT2D eigenvalue weighted by molar-refractivity contribution is 5.40. The van der Waals surface area contributed by atoms with Crippen LogP contribution in [0.4, 0.5) is 0 Å². The van der Waals surface area contributed by atoms with Crippen molar-refractivity contribution in [2.75, 3.05) is 0 Å². The molecule has 0 saturated heterocycles. The summed E-state index contributed by atoms with van der Waals surface area (Å²) in [5, 5.41) is 10.1. The van der Waals surface area contributed by atoms with Crippen LogP contribution in [0.5, 0.6) is 5.75 Å². The number of phenols is 1. The zero-order valence-corrected chi connectivity index (χ0v) is 13.8. The number of rotatable bonds is 9. The quantitative estimate of drug-likeness (QED) is 0.539. The van der Waals surface area contributed by atoms with E-state index in [1.165, 1.54) is 50.5 Å². The van der Waals surface area contributed by atoms with E-state index in [0.717, 1.165) is 12.0 Å². The highest BCUT2D eigenvalue weighted by Gasteiger charge is 2.23. The molecule has 1 N–H and O–H groups in total. The molecule has 1 nitrogen and oxygen atoms in total. The lowest BCUT2D eigenvalue weighted by Crippen LogP contribution is -2.17. The van der Waals surface area contributed by atoms with Crippen molar-refractivity contribution in [3.05, 3.63) is 29.3 Å². The van der Waals surface area contributed by atoms with Gasteiger partial charge in [-0.1, -0.05) is 83.4 Å². The summed E-state index contributed by atoms with van der Waals surface area (Å²) in [5.74, 6) is 0.448. The predicted molar refractivity (Wildman–Crippen MR) is 88.5 cm³/mol. The summed E-state index contributed by atoms with van der Waals surface area (Å²) >= 11 is 0. The van der Waals surface area contributed by atoms with E-state index in [1.807, 2.05) is 12.1 Å². The van der Waals surface area contributed by atoms with Crippen molar-refractivity contribution in [1.82, 2.24) is 0 Å². The zero-order valence-electron chi connectivity index (χ0n) is 13.8. The second-order valence-electron chi connectivity index (χ2n) is 6.78. The largest absolute Gasteiger partial charge is 0.508 e. The van der Waals surface area contributed by atoms with E-state index in [-0.39, 0.29) is 5.41 Å². The molecule has 0 spiro atoms. The first-order valence-corrected chi connectivity index (χ1v) is 8.27. The van der Waals surface area contributed by atoms with Crippen molar-refractivity contribution in [3.8, 4) is 5.75 Å². The molecule has 1 heteroatoms. The number of aryl methyl sites for hydroxylation is 1. The Bertz CT molecular complexity index is 393. The van der Waals surface area contributed by atoms with Crippen molar-refractivity contribution < 1.29 is 5.11 Å². The van der Waals surface area contributed by atoms with Crippen LogP contribution in [0, 0.1) is 6.92 Å². The Morgan fingerprint density at radius 1 is 0.950 bits per heavy atom. The number of aromatic hydroxyl groups is 1. The van der Waals surface area contributed by atoms with Crippen LogP contribution in [0.3, 0.4) is 0 Å². The number of phenolic OH excluding ortho intramolecular Hbond substituents is 1. The van der Waals surface area contributed by atoms with Gasteiger partial charge in [-0.05, 0) is 30.4 Å². The molecule has 20 heavy (non-hydrogen) atoms. The molecule has 0 unspecified atom stereocenters. The maximum absolute atomic E-state index is 10.1. The molecule has 0 fully saturated rings. The van der Waals surface area contributed by atoms with Gasteiger partial charge < -0.3 is 5.11 Å². The minimum absolute atomic E-state index is 0.0690. The fourth-order valence-corrected chi connectivity index (χ4v) is 2.85. The topological polar surface area (TPSA) is 20.2 Å². The smallest absolute Gasteiger partial charge is 0.119 e. The number of hydrogen-bond donors (Lipinski definition) is 1. The van der Waals surface area contributed by atoms with Gasteiger partial charge in [-0.3, -0.25) is 0 Å². The van der Waals surface area contributed by atoms with Gasteiger partial charge in [0, 0.05) is 0 Å². The Morgan fingerprint density at radius 2 is 1.55 bits per heavy atom. The van der Waals surface area contributed by atoms with E-state index in [4.69, 9.17) is 0 Å². The molecule has 0 radical (unpaired) electrons. The molecule has 0 amide bonds. The maximum atomic E-state index is 10.1. The summed E-state index contributed by atoms with van der Waals surface area (Å²) in [4.78, 5) is 0. The fraction of sp³-hybridized carbons (Fsp3) is 0.684. The van der Waals surface area contributed by atoms with E-state index < -0.39 is 0 Å². The number of benzene rings is 1. The highest BCUT2D eigenvalue weighted by atomic mass is 16.3. The Morgan fingerprint density at radius 3 is 2.20 bits per heavy atom. The van der Waals surface area contributed by atoms with Gasteiger partial charge in [0.25, 0.3) is 0 Å². The summed E-state index contributed by atoms with van der Waals surface area (Å²) in [6.45, 7) is 8.85. The molecule has 0 heterocycles. The summed E-state index contributed by atoms with van der Waals surface area (Å²) in [7, 11) is 0. The van der Waals surface area contributed by atoms with Crippen molar-refractivity contribution >= 4 is 0 Å². The van der Waals surface area contributed by atoms with Gasteiger partial charge in [0.2, 0.25) is 0 Å². The third-order valence-corrected chi connectivity index (χ3v) is 4.29. The van der Waals surface area contributed by atoms with E-state index in [0.29, 0.717) is 5.75 Å². The molecular weight excluding hydrogens is 244 g/mol. The second kappa shape index (κ2) is 8.34. The second-order valence-corrected chi connectivity index (χ2v) is 6.78. The lowest BCUT2D eigenvalue weighted by Gasteiger charge is -2.26. The Hall–Kier alpha value is -0.980. The summed E-state index contributed by atoms with van der Waals surface area (Å²) in [5.41, 5.74) is 2.40. The van der Waals surface area contributed by atoms with Crippen LogP contribution in [0.1, 0.15) is 83.3 Å². The molecule has 0 saturated carbocycles. The van der Waals surface area contributed by atoms with Gasteiger partial charge in [0.1, 0.15) is 5.75 Å². The van der Waals surface area contributed by atoms with Gasteiger partial charge in [0.15, 0.2) is 0 Å². The predicted octanol–water partition coefficient (Wildman–Crippen LogP) is 6.12. The van der Waals surface area contributed by atoms with Crippen molar-refractivity contribution in [3.63, 3.8) is 0 Å². The Balaban J connectivity index is 2.39. The third kappa shape index (κ3) is 5.56. The first-order valence-electron chi connectivity index (χ1n) is 8.27. The lowest BCUT2D eigenvalue weighted by atomic mass is 9.79. The molecule has 1 aromatic rings. The molecule has 1 aromatic carbocycles. The van der Waals surface area contributed by atoms with Crippen LogP contribution < -0.4 is 0 Å². The molecule has 114 valence electrons. The normalized spacial score (nSPS) is 11.8. The first kappa shape index (κ1) is 17.1. The van der Waals surface area contributed by atoms with Crippen molar-refractivity contribution in [2.24, 2.45) is 0 Å². The monoisotopic (exact) mass is 276 g/mol. The minimum atomic E-state index is 0.0690. The third-order valence-electron chi connectivity index (χ3n) is 4.29. The minimum Gasteiger partial charge on any atom is -0.508 e. The average Bonchev–Trinajstić information content (AvgIpc) is 2.40. The van der Waals surface area contributed by atoms with Crippen molar-refractivity contribution in [2.45, 2.75) is 84.5 Å². The van der Waals surface area contributed by atoms with Crippen molar-refractivity contribution in [1.29, 1.82) is 0 Å². The highest BCUT2D eigenvalue weighted by Crippen LogP contribution is 2.35.